The van der Waals surface area contributed by atoms with Gasteiger partial charge in [0.15, 0.2) is 0 Å². The van der Waals surface area contributed by atoms with E-state index in [1.807, 2.05) is 49.4 Å². The fourth-order valence-electron chi connectivity index (χ4n) is 6.47. The Morgan fingerprint density at radius 2 is 1.52 bits per heavy atom. The van der Waals surface area contributed by atoms with Crippen molar-refractivity contribution in [2.75, 3.05) is 41.7 Å². The van der Waals surface area contributed by atoms with Gasteiger partial charge in [-0.2, -0.15) is 5.10 Å². The molecule has 2 aliphatic rings. The molecule has 2 aromatic carbocycles. The summed E-state index contributed by atoms with van der Waals surface area (Å²) in [6.45, 7) is 11.6. The van der Waals surface area contributed by atoms with Crippen LogP contribution >= 0.6 is 15.9 Å². The van der Waals surface area contributed by atoms with Crippen LogP contribution in [-0.4, -0.2) is 62.8 Å². The lowest BCUT2D eigenvalue weighted by Gasteiger charge is -2.37. The lowest BCUT2D eigenvalue weighted by molar-refractivity contribution is -0.137. The lowest BCUT2D eigenvalue weighted by Crippen LogP contribution is -2.46. The summed E-state index contributed by atoms with van der Waals surface area (Å²) in [7, 11) is 0. The van der Waals surface area contributed by atoms with Gasteiger partial charge in [-0.05, 0) is 90.7 Å². The van der Waals surface area contributed by atoms with Gasteiger partial charge < -0.3 is 15.1 Å². The number of carbonyl (C=O) groups is 2. The van der Waals surface area contributed by atoms with Crippen molar-refractivity contribution in [2.24, 2.45) is 11.8 Å². The molecule has 2 saturated heterocycles. The molecular formula is C37H45BrN8O2. The fraction of sp³-hybridized carbons (Fsp3) is 0.432. The van der Waals surface area contributed by atoms with Crippen molar-refractivity contribution < 1.29 is 9.59 Å². The molecule has 2 N–H and O–H groups in total. The van der Waals surface area contributed by atoms with E-state index in [-0.39, 0.29) is 17.4 Å². The number of benzene rings is 2. The van der Waals surface area contributed by atoms with E-state index in [9.17, 15) is 9.59 Å². The van der Waals surface area contributed by atoms with E-state index in [2.05, 4.69) is 79.2 Å². The Labute approximate surface area is 291 Å². The first-order valence-electron chi connectivity index (χ1n) is 16.9. The standard InChI is InChI=1S/C37H45BrN8O2/c1-25-5-11-31(12-6-25)46-33(22-32(43-46)37(2,3)4)42-36(48)41-30-9-7-26(8-10-30)21-27-13-17-44(18-14-27)34(47)28-15-19-45(20-16-28)35-39-23-29(38)24-40-35/h5-12,22-24,27-28H,13-21H2,1-4H3,(H2,41,42,48). The van der Waals surface area contributed by atoms with Gasteiger partial charge in [0, 0.05) is 61.7 Å². The molecule has 10 nitrogen and oxygen atoms in total. The van der Waals surface area contributed by atoms with Gasteiger partial charge in [-0.3, -0.25) is 10.1 Å². The fourth-order valence-corrected chi connectivity index (χ4v) is 6.67. The molecule has 3 amide bonds. The normalized spacial score (nSPS) is 16.2. The average molecular weight is 714 g/mol. The van der Waals surface area contributed by atoms with Gasteiger partial charge in [0.05, 0.1) is 15.9 Å². The monoisotopic (exact) mass is 712 g/mol. The zero-order chi connectivity index (χ0) is 33.8. The topological polar surface area (TPSA) is 108 Å². The summed E-state index contributed by atoms with van der Waals surface area (Å²) >= 11 is 3.39. The van der Waals surface area contributed by atoms with Gasteiger partial charge in [0.25, 0.3) is 0 Å². The zero-order valence-corrected chi connectivity index (χ0v) is 29.8. The van der Waals surface area contributed by atoms with Crippen LogP contribution in [0.15, 0.2) is 71.5 Å². The summed E-state index contributed by atoms with van der Waals surface area (Å²) in [6.07, 6.45) is 8.18. The smallest absolute Gasteiger partial charge is 0.324 e. The molecule has 0 spiro atoms. The van der Waals surface area contributed by atoms with Crippen LogP contribution in [0.25, 0.3) is 5.69 Å². The molecule has 252 valence electrons. The highest BCUT2D eigenvalue weighted by atomic mass is 79.9. The SMILES string of the molecule is Cc1ccc(-n2nc(C(C)(C)C)cc2NC(=O)Nc2ccc(CC3CCN(C(=O)C4CCN(c5ncc(Br)cn5)CC4)CC3)cc2)cc1. The Kier molecular flexibility index (Phi) is 10.1. The molecule has 2 aromatic heterocycles. The third kappa shape index (κ3) is 8.24. The van der Waals surface area contributed by atoms with Crippen LogP contribution in [0.5, 0.6) is 0 Å². The van der Waals surface area contributed by atoms with Crippen LogP contribution in [0.2, 0.25) is 0 Å². The molecule has 0 saturated carbocycles. The van der Waals surface area contributed by atoms with Crippen molar-refractivity contribution in [1.29, 1.82) is 0 Å². The Morgan fingerprint density at radius 3 is 2.15 bits per heavy atom. The number of aryl methyl sites for hydroxylation is 1. The van der Waals surface area contributed by atoms with Gasteiger partial charge in [-0.1, -0.05) is 50.6 Å². The van der Waals surface area contributed by atoms with Gasteiger partial charge >= 0.3 is 6.03 Å². The maximum Gasteiger partial charge on any atom is 0.324 e. The number of nitrogens with one attached hydrogen (secondary N) is 2. The number of hydrogen-bond acceptors (Lipinski definition) is 6. The van der Waals surface area contributed by atoms with Crippen LogP contribution in [-0.2, 0) is 16.6 Å². The van der Waals surface area contributed by atoms with Gasteiger partial charge in [0.2, 0.25) is 11.9 Å². The van der Waals surface area contributed by atoms with Gasteiger partial charge in [0.1, 0.15) is 5.82 Å². The molecule has 2 fully saturated rings. The third-order valence-corrected chi connectivity index (χ3v) is 9.80. The third-order valence-electron chi connectivity index (χ3n) is 9.39. The predicted octanol–water partition coefficient (Wildman–Crippen LogP) is 7.37. The van der Waals surface area contributed by atoms with Crippen LogP contribution in [0.1, 0.15) is 63.3 Å². The average Bonchev–Trinajstić information content (AvgIpc) is 3.51. The highest BCUT2D eigenvalue weighted by Gasteiger charge is 2.31. The van der Waals surface area contributed by atoms with Crippen LogP contribution < -0.4 is 15.5 Å². The van der Waals surface area contributed by atoms with E-state index in [1.54, 1.807) is 17.1 Å². The molecular weight excluding hydrogens is 668 g/mol. The number of nitrogens with zero attached hydrogens (tertiary/aromatic N) is 6. The quantitative estimate of drug-likeness (QED) is 0.207. The van der Waals surface area contributed by atoms with Crippen molar-refractivity contribution in [3.63, 3.8) is 0 Å². The molecule has 0 unspecified atom stereocenters. The number of rotatable bonds is 7. The summed E-state index contributed by atoms with van der Waals surface area (Å²) in [6, 6.07) is 17.8. The van der Waals surface area contributed by atoms with Gasteiger partial charge in [-0.25, -0.2) is 19.4 Å². The number of amides is 3. The predicted molar refractivity (Wildman–Crippen MR) is 194 cm³/mol. The molecule has 0 aliphatic carbocycles. The highest BCUT2D eigenvalue weighted by Crippen LogP contribution is 2.29. The van der Waals surface area contributed by atoms with E-state index in [1.165, 1.54) is 5.56 Å². The van der Waals surface area contributed by atoms with Crippen molar-refractivity contribution in [3.05, 3.63) is 88.3 Å². The summed E-state index contributed by atoms with van der Waals surface area (Å²) in [5.74, 6) is 2.26. The van der Waals surface area contributed by atoms with Crippen molar-refractivity contribution >= 4 is 45.3 Å². The molecule has 11 heteroatoms. The number of carbonyl (C=O) groups excluding carboxylic acids is 2. The number of urea groups is 1. The Balaban J connectivity index is 0.971. The van der Waals surface area contributed by atoms with E-state index in [4.69, 9.17) is 5.10 Å². The Hall–Kier alpha value is -4.25. The highest BCUT2D eigenvalue weighted by molar-refractivity contribution is 9.10. The van der Waals surface area contributed by atoms with E-state index in [0.717, 1.165) is 91.3 Å². The Bertz CT molecular complexity index is 1700. The lowest BCUT2D eigenvalue weighted by atomic mass is 9.88. The first-order chi connectivity index (χ1) is 23.0. The summed E-state index contributed by atoms with van der Waals surface area (Å²) in [5, 5.41) is 10.8. The van der Waals surface area contributed by atoms with Crippen molar-refractivity contribution in [2.45, 2.75) is 65.2 Å². The minimum atomic E-state index is -0.319. The number of piperidine rings is 2. The van der Waals surface area contributed by atoms with Crippen LogP contribution in [0.3, 0.4) is 0 Å². The largest absolute Gasteiger partial charge is 0.342 e. The maximum absolute atomic E-state index is 13.3. The van der Waals surface area contributed by atoms with E-state index >= 15 is 0 Å². The maximum atomic E-state index is 13.3. The molecule has 6 rings (SSSR count). The molecule has 0 atom stereocenters. The molecule has 48 heavy (non-hydrogen) atoms. The summed E-state index contributed by atoms with van der Waals surface area (Å²) in [4.78, 5) is 39.4. The molecule has 4 heterocycles. The number of hydrogen-bond donors (Lipinski definition) is 2. The van der Waals surface area contributed by atoms with E-state index in [0.29, 0.717) is 17.6 Å². The summed E-state index contributed by atoms with van der Waals surface area (Å²) in [5.41, 5.74) is 4.74. The molecule has 0 radical (unpaired) electrons. The van der Waals surface area contributed by atoms with Crippen molar-refractivity contribution in [3.8, 4) is 5.69 Å². The second kappa shape index (κ2) is 14.5. The first-order valence-corrected chi connectivity index (χ1v) is 17.7. The molecule has 0 bridgehead atoms. The second-order valence-corrected chi connectivity index (χ2v) is 15.0. The number of halogens is 1. The van der Waals surface area contributed by atoms with Gasteiger partial charge in [-0.15, -0.1) is 0 Å². The zero-order valence-electron chi connectivity index (χ0n) is 28.2. The van der Waals surface area contributed by atoms with Crippen LogP contribution in [0, 0.1) is 18.8 Å². The number of anilines is 3. The molecule has 4 aromatic rings. The minimum absolute atomic E-state index is 0.0780. The minimum Gasteiger partial charge on any atom is -0.342 e. The second-order valence-electron chi connectivity index (χ2n) is 14.1. The number of aromatic nitrogens is 4. The first kappa shape index (κ1) is 33.6. The molecule has 2 aliphatic heterocycles. The summed E-state index contributed by atoms with van der Waals surface area (Å²) < 4.78 is 2.65. The Morgan fingerprint density at radius 1 is 0.875 bits per heavy atom. The van der Waals surface area contributed by atoms with Crippen LogP contribution in [0.4, 0.5) is 22.2 Å². The number of likely N-dealkylation sites (tertiary alicyclic amines) is 1. The van der Waals surface area contributed by atoms with E-state index < -0.39 is 0 Å². The van der Waals surface area contributed by atoms with Crippen molar-refractivity contribution in [1.82, 2.24) is 24.6 Å².